The lowest BCUT2D eigenvalue weighted by molar-refractivity contribution is 0.0952. The number of hydrogen-bond donors (Lipinski definition) is 2. The molecule has 0 unspecified atom stereocenters. The molecule has 2 heterocycles. The second-order valence-electron chi connectivity index (χ2n) is 6.68. The molecule has 1 aromatic heterocycles. The summed E-state index contributed by atoms with van der Waals surface area (Å²) in [6, 6.07) is 8.25. The fourth-order valence-electron chi connectivity index (χ4n) is 2.59. The van der Waals surface area contributed by atoms with E-state index in [0.29, 0.717) is 48.4 Å². The number of benzene rings is 1. The summed E-state index contributed by atoms with van der Waals surface area (Å²) in [6.45, 7) is 5.77. The molecule has 7 heteroatoms. The van der Waals surface area contributed by atoms with Crippen molar-refractivity contribution in [2.45, 2.75) is 20.3 Å². The Labute approximate surface area is 158 Å². The van der Waals surface area contributed by atoms with Crippen molar-refractivity contribution in [1.29, 1.82) is 0 Å². The molecule has 0 spiro atoms. The minimum atomic E-state index is -0.400. The SMILES string of the molecule is CC(C)CCNC(=O)c1ccnc(C(=O)Nc2ccc3c(c2)OCCO3)c1. The molecular formula is C20H23N3O4. The molecule has 1 aliphatic heterocycles. The summed E-state index contributed by atoms with van der Waals surface area (Å²) < 4.78 is 11.0. The molecule has 0 fully saturated rings. The second kappa shape index (κ2) is 8.53. The number of carbonyl (C=O) groups is 2. The molecule has 2 amide bonds. The third-order valence-corrected chi connectivity index (χ3v) is 4.06. The Bertz CT molecular complexity index is 836. The summed E-state index contributed by atoms with van der Waals surface area (Å²) in [6.07, 6.45) is 2.35. The van der Waals surface area contributed by atoms with Gasteiger partial charge in [-0.2, -0.15) is 0 Å². The summed E-state index contributed by atoms with van der Waals surface area (Å²) in [5.41, 5.74) is 1.14. The number of fused-ring (bicyclic) bond motifs is 1. The average Bonchev–Trinajstić information content (AvgIpc) is 2.67. The van der Waals surface area contributed by atoms with E-state index in [4.69, 9.17) is 9.47 Å². The van der Waals surface area contributed by atoms with Gasteiger partial charge in [-0.3, -0.25) is 14.6 Å². The first-order valence-corrected chi connectivity index (χ1v) is 8.98. The van der Waals surface area contributed by atoms with Crippen molar-refractivity contribution in [3.8, 4) is 11.5 Å². The van der Waals surface area contributed by atoms with Crippen molar-refractivity contribution >= 4 is 17.5 Å². The summed E-state index contributed by atoms with van der Waals surface area (Å²) in [5, 5.41) is 5.62. The van der Waals surface area contributed by atoms with E-state index < -0.39 is 5.91 Å². The molecule has 7 nitrogen and oxygen atoms in total. The molecule has 0 radical (unpaired) electrons. The van der Waals surface area contributed by atoms with Crippen molar-refractivity contribution in [1.82, 2.24) is 10.3 Å². The third-order valence-electron chi connectivity index (χ3n) is 4.06. The lowest BCUT2D eigenvalue weighted by Gasteiger charge is -2.19. The molecule has 0 saturated heterocycles. The minimum Gasteiger partial charge on any atom is -0.486 e. The highest BCUT2D eigenvalue weighted by atomic mass is 16.6. The van der Waals surface area contributed by atoms with Gasteiger partial charge in [0, 0.05) is 30.1 Å². The number of hydrogen-bond acceptors (Lipinski definition) is 5. The summed E-state index contributed by atoms with van der Waals surface area (Å²) in [7, 11) is 0. The van der Waals surface area contributed by atoms with Gasteiger partial charge < -0.3 is 20.1 Å². The van der Waals surface area contributed by atoms with Crippen LogP contribution in [0.3, 0.4) is 0 Å². The largest absolute Gasteiger partial charge is 0.486 e. The predicted molar refractivity (Wildman–Crippen MR) is 101 cm³/mol. The molecule has 1 aromatic carbocycles. The van der Waals surface area contributed by atoms with Gasteiger partial charge in [-0.25, -0.2) is 0 Å². The number of aromatic nitrogens is 1. The van der Waals surface area contributed by atoms with Gasteiger partial charge in [0.1, 0.15) is 18.9 Å². The predicted octanol–water partition coefficient (Wildman–Crippen LogP) is 2.88. The van der Waals surface area contributed by atoms with Crippen molar-refractivity contribution < 1.29 is 19.1 Å². The maximum Gasteiger partial charge on any atom is 0.274 e. The Balaban J connectivity index is 1.65. The number of ether oxygens (including phenoxy) is 2. The van der Waals surface area contributed by atoms with Crippen LogP contribution < -0.4 is 20.1 Å². The maximum absolute atomic E-state index is 12.5. The zero-order chi connectivity index (χ0) is 19.2. The quantitative estimate of drug-likeness (QED) is 0.817. The molecule has 2 aromatic rings. The van der Waals surface area contributed by atoms with E-state index in [-0.39, 0.29) is 11.6 Å². The van der Waals surface area contributed by atoms with Crippen LogP contribution in [0.2, 0.25) is 0 Å². The van der Waals surface area contributed by atoms with E-state index in [1.165, 1.54) is 12.3 Å². The standard InChI is InChI=1S/C20H23N3O4/c1-13(2)5-7-22-19(24)14-6-8-21-16(11-14)20(25)23-15-3-4-17-18(12-15)27-10-9-26-17/h3-4,6,8,11-13H,5,7,9-10H2,1-2H3,(H,22,24)(H,23,25). The lowest BCUT2D eigenvalue weighted by Crippen LogP contribution is -2.26. The third kappa shape index (κ3) is 4.97. The average molecular weight is 369 g/mol. The molecule has 2 N–H and O–H groups in total. The Hall–Kier alpha value is -3.09. The highest BCUT2D eigenvalue weighted by Gasteiger charge is 2.15. The summed E-state index contributed by atoms with van der Waals surface area (Å²) in [5.74, 6) is 1.13. The number of anilines is 1. The van der Waals surface area contributed by atoms with Crippen molar-refractivity contribution in [3.63, 3.8) is 0 Å². The van der Waals surface area contributed by atoms with Crippen LogP contribution in [0.15, 0.2) is 36.5 Å². The van der Waals surface area contributed by atoms with Crippen molar-refractivity contribution in [2.75, 3.05) is 25.1 Å². The van der Waals surface area contributed by atoms with Gasteiger partial charge in [-0.15, -0.1) is 0 Å². The topological polar surface area (TPSA) is 89.6 Å². The van der Waals surface area contributed by atoms with Gasteiger partial charge >= 0.3 is 0 Å². The molecule has 0 atom stereocenters. The number of nitrogens with one attached hydrogen (secondary N) is 2. The van der Waals surface area contributed by atoms with Crippen LogP contribution in [-0.4, -0.2) is 36.6 Å². The van der Waals surface area contributed by atoms with Crippen LogP contribution in [0.1, 0.15) is 41.1 Å². The number of amides is 2. The van der Waals surface area contributed by atoms with Crippen LogP contribution in [0, 0.1) is 5.92 Å². The Morgan fingerprint density at radius 2 is 1.85 bits per heavy atom. The van der Waals surface area contributed by atoms with Crippen LogP contribution >= 0.6 is 0 Å². The molecule has 27 heavy (non-hydrogen) atoms. The van der Waals surface area contributed by atoms with E-state index in [1.807, 2.05) is 0 Å². The Morgan fingerprint density at radius 1 is 1.07 bits per heavy atom. The highest BCUT2D eigenvalue weighted by Crippen LogP contribution is 2.32. The maximum atomic E-state index is 12.5. The van der Waals surface area contributed by atoms with Gasteiger partial charge in [-0.05, 0) is 36.6 Å². The fraction of sp³-hybridized carbons (Fsp3) is 0.350. The number of carbonyl (C=O) groups excluding carboxylic acids is 2. The number of pyridine rings is 1. The first-order chi connectivity index (χ1) is 13.0. The van der Waals surface area contributed by atoms with Crippen LogP contribution in [-0.2, 0) is 0 Å². The number of rotatable bonds is 6. The van der Waals surface area contributed by atoms with Gasteiger partial charge in [0.05, 0.1) is 0 Å². The highest BCUT2D eigenvalue weighted by molar-refractivity contribution is 6.04. The smallest absolute Gasteiger partial charge is 0.274 e. The normalized spacial score (nSPS) is 12.6. The Morgan fingerprint density at radius 3 is 2.63 bits per heavy atom. The minimum absolute atomic E-state index is 0.168. The summed E-state index contributed by atoms with van der Waals surface area (Å²) >= 11 is 0. The molecule has 0 aliphatic carbocycles. The molecule has 0 saturated carbocycles. The zero-order valence-electron chi connectivity index (χ0n) is 15.5. The summed E-state index contributed by atoms with van der Waals surface area (Å²) in [4.78, 5) is 28.8. The number of nitrogens with zero attached hydrogens (tertiary/aromatic N) is 1. The monoisotopic (exact) mass is 369 g/mol. The zero-order valence-corrected chi connectivity index (χ0v) is 15.5. The molecule has 3 rings (SSSR count). The van der Waals surface area contributed by atoms with E-state index in [0.717, 1.165) is 6.42 Å². The molecular weight excluding hydrogens is 346 g/mol. The van der Waals surface area contributed by atoms with Crippen LogP contribution in [0.5, 0.6) is 11.5 Å². The first kappa shape index (κ1) is 18.7. The first-order valence-electron chi connectivity index (χ1n) is 8.98. The lowest BCUT2D eigenvalue weighted by atomic mass is 10.1. The van der Waals surface area contributed by atoms with Crippen molar-refractivity contribution in [3.05, 3.63) is 47.8 Å². The molecule has 142 valence electrons. The molecule has 1 aliphatic rings. The second-order valence-corrected chi connectivity index (χ2v) is 6.68. The van der Waals surface area contributed by atoms with E-state index in [1.54, 1.807) is 24.3 Å². The van der Waals surface area contributed by atoms with E-state index >= 15 is 0 Å². The fourth-order valence-corrected chi connectivity index (χ4v) is 2.59. The van der Waals surface area contributed by atoms with Gasteiger partial charge in [-0.1, -0.05) is 13.8 Å². The van der Waals surface area contributed by atoms with Gasteiger partial charge in [0.2, 0.25) is 0 Å². The van der Waals surface area contributed by atoms with Crippen LogP contribution in [0.4, 0.5) is 5.69 Å². The Kier molecular flexibility index (Phi) is 5.90. The van der Waals surface area contributed by atoms with Gasteiger partial charge in [0.15, 0.2) is 11.5 Å². The van der Waals surface area contributed by atoms with E-state index in [9.17, 15) is 9.59 Å². The van der Waals surface area contributed by atoms with Gasteiger partial charge in [0.25, 0.3) is 11.8 Å². The van der Waals surface area contributed by atoms with E-state index in [2.05, 4.69) is 29.5 Å². The molecule has 0 bridgehead atoms. The van der Waals surface area contributed by atoms with Crippen molar-refractivity contribution in [2.24, 2.45) is 5.92 Å². The van der Waals surface area contributed by atoms with Crippen LogP contribution in [0.25, 0.3) is 0 Å².